The van der Waals surface area contributed by atoms with Crippen molar-refractivity contribution in [2.24, 2.45) is 5.92 Å². The van der Waals surface area contributed by atoms with Crippen LogP contribution >= 0.6 is 0 Å². The third kappa shape index (κ3) is 3.07. The molecule has 2 rings (SSSR count). The maximum absolute atomic E-state index is 5.59. The molecule has 0 spiro atoms. The van der Waals surface area contributed by atoms with E-state index in [9.17, 15) is 0 Å². The second kappa shape index (κ2) is 6.26. The molecule has 1 aliphatic rings. The minimum absolute atomic E-state index is 0.720. The highest BCUT2D eigenvalue weighted by atomic mass is 16.5. The van der Waals surface area contributed by atoms with Gasteiger partial charge in [0.05, 0.1) is 6.61 Å². The molecule has 1 unspecified atom stereocenters. The second-order valence-electron chi connectivity index (χ2n) is 5.70. The summed E-state index contributed by atoms with van der Waals surface area (Å²) in [6.07, 6.45) is 6.31. The molecule has 0 saturated carbocycles. The molecule has 1 heteroatoms. The third-order valence-electron chi connectivity index (χ3n) is 4.15. The maximum Gasteiger partial charge on any atom is 0.122 e. The SMILES string of the molecule is CCC[C@H](C)CC(CC)c1ccc2c(c1)CCO2. The molecular weight excluding hydrogens is 220 g/mol. The Labute approximate surface area is 112 Å². The van der Waals surface area contributed by atoms with Gasteiger partial charge in [0.1, 0.15) is 5.75 Å². The predicted molar refractivity (Wildman–Crippen MR) is 77.4 cm³/mol. The number of ether oxygens (including phenoxy) is 1. The van der Waals surface area contributed by atoms with Crippen LogP contribution in [0.3, 0.4) is 0 Å². The van der Waals surface area contributed by atoms with Crippen molar-refractivity contribution in [3.63, 3.8) is 0 Å². The molecule has 100 valence electrons. The van der Waals surface area contributed by atoms with E-state index in [1.54, 1.807) is 0 Å². The number of fused-ring (bicyclic) bond motifs is 1. The van der Waals surface area contributed by atoms with E-state index >= 15 is 0 Å². The first kappa shape index (κ1) is 13.5. The average molecular weight is 246 g/mol. The van der Waals surface area contributed by atoms with Gasteiger partial charge in [-0.1, -0.05) is 45.7 Å². The van der Waals surface area contributed by atoms with Gasteiger partial charge in [0.2, 0.25) is 0 Å². The smallest absolute Gasteiger partial charge is 0.122 e. The van der Waals surface area contributed by atoms with Crippen LogP contribution in [0, 0.1) is 5.92 Å². The Balaban J connectivity index is 2.07. The normalized spacial score (nSPS) is 17.1. The molecule has 0 aromatic heterocycles. The van der Waals surface area contributed by atoms with E-state index in [1.165, 1.54) is 36.8 Å². The van der Waals surface area contributed by atoms with Gasteiger partial charge in [0.15, 0.2) is 0 Å². The van der Waals surface area contributed by atoms with Gasteiger partial charge in [0, 0.05) is 6.42 Å². The Bertz CT molecular complexity index is 383. The monoisotopic (exact) mass is 246 g/mol. The fourth-order valence-corrected chi connectivity index (χ4v) is 3.10. The van der Waals surface area contributed by atoms with Crippen molar-refractivity contribution in [2.75, 3.05) is 6.61 Å². The van der Waals surface area contributed by atoms with Crippen molar-refractivity contribution in [1.82, 2.24) is 0 Å². The summed E-state index contributed by atoms with van der Waals surface area (Å²) in [5.74, 6) is 2.66. The van der Waals surface area contributed by atoms with Crippen LogP contribution < -0.4 is 4.74 Å². The first-order valence-electron chi connectivity index (χ1n) is 7.50. The highest BCUT2D eigenvalue weighted by molar-refractivity contribution is 5.40. The molecule has 0 amide bonds. The average Bonchev–Trinajstić information content (AvgIpc) is 2.83. The summed E-state index contributed by atoms with van der Waals surface area (Å²) < 4.78 is 5.59. The van der Waals surface area contributed by atoms with Crippen molar-refractivity contribution >= 4 is 0 Å². The number of hydrogen-bond acceptors (Lipinski definition) is 1. The summed E-state index contributed by atoms with van der Waals surface area (Å²) in [5.41, 5.74) is 2.93. The van der Waals surface area contributed by atoms with Crippen LogP contribution in [-0.4, -0.2) is 6.61 Å². The number of rotatable bonds is 6. The van der Waals surface area contributed by atoms with Gasteiger partial charge in [-0.15, -0.1) is 0 Å². The van der Waals surface area contributed by atoms with Gasteiger partial charge in [-0.3, -0.25) is 0 Å². The molecule has 1 aliphatic heterocycles. The highest BCUT2D eigenvalue weighted by Gasteiger charge is 2.17. The quantitative estimate of drug-likeness (QED) is 0.690. The van der Waals surface area contributed by atoms with Gasteiger partial charge in [-0.2, -0.15) is 0 Å². The van der Waals surface area contributed by atoms with Crippen molar-refractivity contribution in [2.45, 2.75) is 58.8 Å². The van der Waals surface area contributed by atoms with Crippen molar-refractivity contribution in [3.05, 3.63) is 29.3 Å². The van der Waals surface area contributed by atoms with E-state index in [1.807, 2.05) is 0 Å². The van der Waals surface area contributed by atoms with E-state index < -0.39 is 0 Å². The molecule has 0 N–H and O–H groups in total. The van der Waals surface area contributed by atoms with E-state index in [0.29, 0.717) is 0 Å². The standard InChI is InChI=1S/C17H26O/c1-4-6-13(3)11-14(5-2)15-7-8-17-16(12-15)9-10-18-17/h7-8,12-14H,4-6,9-11H2,1-3H3/t13-,14?/m0/s1. The maximum atomic E-state index is 5.59. The fraction of sp³-hybridized carbons (Fsp3) is 0.647. The van der Waals surface area contributed by atoms with Crippen LogP contribution in [0.2, 0.25) is 0 Å². The predicted octanol–water partition coefficient (Wildman–Crippen LogP) is 4.94. The molecular formula is C17H26O. The highest BCUT2D eigenvalue weighted by Crippen LogP contribution is 2.33. The minimum atomic E-state index is 0.720. The molecule has 1 aromatic carbocycles. The summed E-state index contributed by atoms with van der Waals surface area (Å²) >= 11 is 0. The second-order valence-corrected chi connectivity index (χ2v) is 5.70. The lowest BCUT2D eigenvalue weighted by Crippen LogP contribution is -2.04. The van der Waals surface area contributed by atoms with Crippen LogP contribution in [-0.2, 0) is 6.42 Å². The van der Waals surface area contributed by atoms with Crippen molar-refractivity contribution in [1.29, 1.82) is 0 Å². The van der Waals surface area contributed by atoms with Gasteiger partial charge >= 0.3 is 0 Å². The molecule has 0 radical (unpaired) electrons. The summed E-state index contributed by atoms with van der Waals surface area (Å²) in [6.45, 7) is 7.85. The molecule has 0 fully saturated rings. The van der Waals surface area contributed by atoms with E-state index in [0.717, 1.165) is 30.6 Å². The Morgan fingerprint density at radius 2 is 2.11 bits per heavy atom. The summed E-state index contributed by atoms with van der Waals surface area (Å²) in [6, 6.07) is 6.83. The molecule has 0 bridgehead atoms. The van der Waals surface area contributed by atoms with Crippen molar-refractivity contribution in [3.8, 4) is 5.75 Å². The molecule has 2 atom stereocenters. The largest absolute Gasteiger partial charge is 0.493 e. The first-order valence-corrected chi connectivity index (χ1v) is 7.50. The lowest BCUT2D eigenvalue weighted by atomic mass is 9.85. The van der Waals surface area contributed by atoms with Gasteiger partial charge < -0.3 is 4.74 Å². The molecule has 0 aliphatic carbocycles. The Kier molecular flexibility index (Phi) is 4.68. The fourth-order valence-electron chi connectivity index (χ4n) is 3.10. The van der Waals surface area contributed by atoms with E-state index in [4.69, 9.17) is 4.74 Å². The van der Waals surface area contributed by atoms with Gasteiger partial charge in [-0.25, -0.2) is 0 Å². The number of benzene rings is 1. The van der Waals surface area contributed by atoms with Crippen molar-refractivity contribution < 1.29 is 4.74 Å². The molecule has 1 nitrogen and oxygen atoms in total. The van der Waals surface area contributed by atoms with E-state index in [-0.39, 0.29) is 0 Å². The Hall–Kier alpha value is -0.980. The molecule has 18 heavy (non-hydrogen) atoms. The summed E-state index contributed by atoms with van der Waals surface area (Å²) in [5, 5.41) is 0. The zero-order chi connectivity index (χ0) is 13.0. The van der Waals surface area contributed by atoms with Crippen LogP contribution in [0.25, 0.3) is 0 Å². The number of hydrogen-bond donors (Lipinski definition) is 0. The van der Waals surface area contributed by atoms with Crippen LogP contribution in [0.1, 0.15) is 63.5 Å². The Morgan fingerprint density at radius 3 is 2.83 bits per heavy atom. The minimum Gasteiger partial charge on any atom is -0.493 e. The lowest BCUT2D eigenvalue weighted by molar-refractivity contribution is 0.356. The van der Waals surface area contributed by atoms with Crippen LogP contribution in [0.15, 0.2) is 18.2 Å². The first-order chi connectivity index (χ1) is 8.74. The zero-order valence-corrected chi connectivity index (χ0v) is 12.0. The third-order valence-corrected chi connectivity index (χ3v) is 4.15. The van der Waals surface area contributed by atoms with Gasteiger partial charge in [0.25, 0.3) is 0 Å². The summed E-state index contributed by atoms with van der Waals surface area (Å²) in [4.78, 5) is 0. The molecule has 0 saturated heterocycles. The van der Waals surface area contributed by atoms with Crippen LogP contribution in [0.5, 0.6) is 5.75 Å². The molecule has 1 heterocycles. The van der Waals surface area contributed by atoms with Gasteiger partial charge in [-0.05, 0) is 41.9 Å². The topological polar surface area (TPSA) is 9.23 Å². The zero-order valence-electron chi connectivity index (χ0n) is 12.0. The molecule has 1 aromatic rings. The van der Waals surface area contributed by atoms with Crippen LogP contribution in [0.4, 0.5) is 0 Å². The lowest BCUT2D eigenvalue weighted by Gasteiger charge is -2.20. The van der Waals surface area contributed by atoms with E-state index in [2.05, 4.69) is 39.0 Å². The summed E-state index contributed by atoms with van der Waals surface area (Å²) in [7, 11) is 0. The Morgan fingerprint density at radius 1 is 1.28 bits per heavy atom.